The van der Waals surface area contributed by atoms with Gasteiger partial charge >= 0.3 is 0 Å². The van der Waals surface area contributed by atoms with Gasteiger partial charge in [0.1, 0.15) is 0 Å². The smallest absolute Gasteiger partial charge is 0.0801 e. The van der Waals surface area contributed by atoms with Gasteiger partial charge < -0.3 is 5.32 Å². The second-order valence-electron chi connectivity index (χ2n) is 4.46. The lowest BCUT2D eigenvalue weighted by Crippen LogP contribution is -2.23. The fourth-order valence-corrected chi connectivity index (χ4v) is 2.00. The predicted molar refractivity (Wildman–Crippen MR) is 73.5 cm³/mol. The Labute approximate surface area is 108 Å². The van der Waals surface area contributed by atoms with Gasteiger partial charge in [0.2, 0.25) is 0 Å². The first-order chi connectivity index (χ1) is 8.72. The molecule has 0 aliphatic heterocycles. The van der Waals surface area contributed by atoms with Crippen LogP contribution in [-0.2, 0) is 0 Å². The highest BCUT2D eigenvalue weighted by Gasteiger charge is 2.14. The summed E-state index contributed by atoms with van der Waals surface area (Å²) < 4.78 is 0. The van der Waals surface area contributed by atoms with Gasteiger partial charge in [-0.15, -0.1) is 0 Å². The number of hydrogen-bond donors (Lipinski definition) is 1. The molecule has 2 rings (SSSR count). The maximum atomic E-state index is 4.40. The second kappa shape index (κ2) is 5.74. The minimum absolute atomic E-state index is 0.114. The van der Waals surface area contributed by atoms with E-state index in [0.717, 1.165) is 12.2 Å². The van der Waals surface area contributed by atoms with Crippen LogP contribution in [0.5, 0.6) is 0 Å². The molecule has 0 spiro atoms. The minimum atomic E-state index is 0.114. The Balaban J connectivity index is 2.38. The van der Waals surface area contributed by atoms with E-state index in [1.165, 1.54) is 16.7 Å². The van der Waals surface area contributed by atoms with Gasteiger partial charge in [-0.25, -0.2) is 0 Å². The number of aromatic nitrogens is 2. The summed E-state index contributed by atoms with van der Waals surface area (Å²) in [7, 11) is 0. The van der Waals surface area contributed by atoms with Gasteiger partial charge in [0.05, 0.1) is 17.9 Å². The molecular formula is C15H19N3. The quantitative estimate of drug-likeness (QED) is 0.894. The van der Waals surface area contributed by atoms with Crippen molar-refractivity contribution >= 4 is 0 Å². The van der Waals surface area contributed by atoms with Crippen molar-refractivity contribution in [2.24, 2.45) is 0 Å². The molecule has 3 nitrogen and oxygen atoms in total. The van der Waals surface area contributed by atoms with Crippen molar-refractivity contribution in [3.8, 4) is 0 Å². The van der Waals surface area contributed by atoms with E-state index < -0.39 is 0 Å². The third-order valence-corrected chi connectivity index (χ3v) is 3.15. The third-order valence-electron chi connectivity index (χ3n) is 3.15. The summed E-state index contributed by atoms with van der Waals surface area (Å²) >= 11 is 0. The van der Waals surface area contributed by atoms with E-state index >= 15 is 0 Å². The molecule has 0 fully saturated rings. The molecule has 0 saturated carbocycles. The Morgan fingerprint density at radius 1 is 1.17 bits per heavy atom. The molecule has 2 aromatic rings. The van der Waals surface area contributed by atoms with Crippen LogP contribution in [0.1, 0.15) is 35.3 Å². The van der Waals surface area contributed by atoms with Gasteiger partial charge in [-0.2, -0.15) is 0 Å². The summed E-state index contributed by atoms with van der Waals surface area (Å²) in [5.41, 5.74) is 4.82. The molecule has 0 aliphatic rings. The number of benzene rings is 1. The van der Waals surface area contributed by atoms with Gasteiger partial charge in [0.15, 0.2) is 0 Å². The average molecular weight is 241 g/mol. The van der Waals surface area contributed by atoms with Crippen LogP contribution < -0.4 is 5.32 Å². The lowest BCUT2D eigenvalue weighted by atomic mass is 9.99. The molecule has 0 aliphatic carbocycles. The molecule has 1 aromatic heterocycles. The van der Waals surface area contributed by atoms with E-state index in [2.05, 4.69) is 54.3 Å². The maximum absolute atomic E-state index is 4.40. The van der Waals surface area contributed by atoms with Crippen LogP contribution in [0.3, 0.4) is 0 Å². The predicted octanol–water partition coefficient (Wildman–Crippen LogP) is 2.79. The van der Waals surface area contributed by atoms with Crippen molar-refractivity contribution in [2.45, 2.75) is 26.8 Å². The molecule has 0 saturated heterocycles. The van der Waals surface area contributed by atoms with E-state index in [4.69, 9.17) is 0 Å². The van der Waals surface area contributed by atoms with Crippen LogP contribution in [0, 0.1) is 13.8 Å². The summed E-state index contributed by atoms with van der Waals surface area (Å²) in [6, 6.07) is 6.65. The summed E-state index contributed by atoms with van der Waals surface area (Å²) in [5.74, 6) is 0. The van der Waals surface area contributed by atoms with E-state index in [9.17, 15) is 0 Å². The van der Waals surface area contributed by atoms with Gasteiger partial charge in [-0.1, -0.05) is 25.1 Å². The van der Waals surface area contributed by atoms with Crippen molar-refractivity contribution in [2.75, 3.05) is 6.54 Å². The standard InChI is InChI=1S/C15H19N3/c1-4-17-15(14-10-16-7-8-18-14)13-6-5-11(2)12(3)9-13/h5-10,15,17H,4H2,1-3H3. The zero-order chi connectivity index (χ0) is 13.0. The fraction of sp³-hybridized carbons (Fsp3) is 0.333. The lowest BCUT2D eigenvalue weighted by molar-refractivity contribution is 0.612. The summed E-state index contributed by atoms with van der Waals surface area (Å²) in [6.45, 7) is 7.26. The molecule has 1 N–H and O–H groups in total. The Morgan fingerprint density at radius 3 is 2.61 bits per heavy atom. The summed E-state index contributed by atoms with van der Waals surface area (Å²) in [5, 5.41) is 3.46. The van der Waals surface area contributed by atoms with Crippen LogP contribution >= 0.6 is 0 Å². The van der Waals surface area contributed by atoms with Crippen molar-refractivity contribution in [1.82, 2.24) is 15.3 Å². The van der Waals surface area contributed by atoms with E-state index in [0.29, 0.717) is 0 Å². The summed E-state index contributed by atoms with van der Waals surface area (Å²) in [4.78, 5) is 8.55. The molecule has 18 heavy (non-hydrogen) atoms. The molecule has 1 unspecified atom stereocenters. The molecule has 1 aromatic carbocycles. The molecule has 0 bridgehead atoms. The number of nitrogens with zero attached hydrogens (tertiary/aromatic N) is 2. The Kier molecular flexibility index (Phi) is 4.05. The molecule has 3 heteroatoms. The van der Waals surface area contributed by atoms with Crippen molar-refractivity contribution in [1.29, 1.82) is 0 Å². The second-order valence-corrected chi connectivity index (χ2v) is 4.46. The van der Waals surface area contributed by atoms with Crippen LogP contribution in [0.15, 0.2) is 36.8 Å². The van der Waals surface area contributed by atoms with Gasteiger partial charge in [-0.3, -0.25) is 9.97 Å². The van der Waals surface area contributed by atoms with Gasteiger partial charge in [0.25, 0.3) is 0 Å². The molecule has 0 amide bonds. The zero-order valence-electron chi connectivity index (χ0n) is 11.1. The molecule has 0 radical (unpaired) electrons. The lowest BCUT2D eigenvalue weighted by Gasteiger charge is -2.18. The largest absolute Gasteiger partial charge is 0.305 e. The Morgan fingerprint density at radius 2 is 2.00 bits per heavy atom. The van der Waals surface area contributed by atoms with E-state index in [1.807, 2.05) is 6.20 Å². The fourth-order valence-electron chi connectivity index (χ4n) is 2.00. The first-order valence-corrected chi connectivity index (χ1v) is 6.28. The SMILES string of the molecule is CCNC(c1ccc(C)c(C)c1)c1cnccn1. The summed E-state index contributed by atoms with van der Waals surface area (Å²) in [6.07, 6.45) is 5.26. The average Bonchev–Trinajstić information content (AvgIpc) is 2.40. The number of nitrogens with one attached hydrogen (secondary N) is 1. The Hall–Kier alpha value is -1.74. The molecule has 1 heterocycles. The topological polar surface area (TPSA) is 37.8 Å². The zero-order valence-corrected chi connectivity index (χ0v) is 11.1. The highest BCUT2D eigenvalue weighted by atomic mass is 14.9. The van der Waals surface area contributed by atoms with Crippen molar-refractivity contribution < 1.29 is 0 Å². The normalized spacial score (nSPS) is 12.4. The number of aryl methyl sites for hydroxylation is 2. The Bertz CT molecular complexity index is 508. The number of rotatable bonds is 4. The molecular weight excluding hydrogens is 222 g/mol. The third kappa shape index (κ3) is 2.74. The molecule has 1 atom stereocenters. The minimum Gasteiger partial charge on any atom is -0.305 e. The highest BCUT2D eigenvalue weighted by molar-refractivity contribution is 5.34. The first kappa shape index (κ1) is 12.7. The van der Waals surface area contributed by atoms with Crippen LogP contribution in [0.2, 0.25) is 0 Å². The maximum Gasteiger partial charge on any atom is 0.0801 e. The van der Waals surface area contributed by atoms with Crippen LogP contribution in [-0.4, -0.2) is 16.5 Å². The van der Waals surface area contributed by atoms with Crippen molar-refractivity contribution in [3.05, 3.63) is 59.2 Å². The van der Waals surface area contributed by atoms with E-state index in [1.54, 1.807) is 12.4 Å². The monoisotopic (exact) mass is 241 g/mol. The van der Waals surface area contributed by atoms with Crippen LogP contribution in [0.4, 0.5) is 0 Å². The van der Waals surface area contributed by atoms with E-state index in [-0.39, 0.29) is 6.04 Å². The highest BCUT2D eigenvalue weighted by Crippen LogP contribution is 2.21. The van der Waals surface area contributed by atoms with Crippen molar-refractivity contribution in [3.63, 3.8) is 0 Å². The van der Waals surface area contributed by atoms with Gasteiger partial charge in [0, 0.05) is 12.4 Å². The van der Waals surface area contributed by atoms with Crippen LogP contribution in [0.25, 0.3) is 0 Å². The number of hydrogen-bond acceptors (Lipinski definition) is 3. The first-order valence-electron chi connectivity index (χ1n) is 6.28. The van der Waals surface area contributed by atoms with Gasteiger partial charge in [-0.05, 0) is 37.1 Å². The molecule has 94 valence electrons.